The van der Waals surface area contributed by atoms with Crippen LogP contribution in [0.15, 0.2) is 109 Å². The van der Waals surface area contributed by atoms with Gasteiger partial charge in [0.1, 0.15) is 0 Å². The zero-order valence-corrected chi connectivity index (χ0v) is 20.7. The maximum Gasteiger partial charge on any atom is 0.225 e. The molecule has 2 atom stereocenters. The molecule has 35 heavy (non-hydrogen) atoms. The molecular formula is C33H33NO. The minimum Gasteiger partial charge on any atom is -0.348 e. The third kappa shape index (κ3) is 4.66. The van der Waals surface area contributed by atoms with Crippen molar-refractivity contribution < 1.29 is 4.79 Å². The summed E-state index contributed by atoms with van der Waals surface area (Å²) in [5.74, 6) is 0.196. The van der Waals surface area contributed by atoms with Gasteiger partial charge in [-0.1, -0.05) is 130 Å². The van der Waals surface area contributed by atoms with Crippen molar-refractivity contribution in [1.82, 2.24) is 5.32 Å². The molecule has 0 heterocycles. The lowest BCUT2D eigenvalue weighted by molar-refractivity contribution is -0.129. The molecule has 1 aliphatic carbocycles. The Kier molecular flexibility index (Phi) is 6.30. The van der Waals surface area contributed by atoms with E-state index in [1.54, 1.807) is 0 Å². The summed E-state index contributed by atoms with van der Waals surface area (Å²) in [5.41, 5.74) is 7.30. The van der Waals surface area contributed by atoms with E-state index in [4.69, 9.17) is 0 Å². The Hall–Kier alpha value is -3.65. The smallest absolute Gasteiger partial charge is 0.225 e. The molecule has 0 saturated carbocycles. The highest BCUT2D eigenvalue weighted by atomic mass is 16.2. The van der Waals surface area contributed by atoms with Gasteiger partial charge in [0.25, 0.3) is 0 Å². The summed E-state index contributed by atoms with van der Waals surface area (Å²) >= 11 is 0. The van der Waals surface area contributed by atoms with Gasteiger partial charge in [-0.3, -0.25) is 4.79 Å². The van der Waals surface area contributed by atoms with Crippen LogP contribution in [-0.2, 0) is 11.2 Å². The fourth-order valence-corrected chi connectivity index (χ4v) is 5.41. The molecular weight excluding hydrogens is 426 g/mol. The molecule has 0 spiro atoms. The fraction of sp³-hybridized carbons (Fsp3) is 0.242. The van der Waals surface area contributed by atoms with Gasteiger partial charge >= 0.3 is 0 Å². The van der Waals surface area contributed by atoms with E-state index in [0.29, 0.717) is 0 Å². The average molecular weight is 460 g/mol. The van der Waals surface area contributed by atoms with Crippen LogP contribution in [0.25, 0.3) is 0 Å². The molecule has 0 radical (unpaired) electrons. The third-order valence-electron chi connectivity index (χ3n) is 7.19. The molecule has 1 N–H and O–H groups in total. The first-order chi connectivity index (χ1) is 16.9. The molecule has 2 nitrogen and oxygen atoms in total. The van der Waals surface area contributed by atoms with Crippen LogP contribution < -0.4 is 5.32 Å². The van der Waals surface area contributed by atoms with Gasteiger partial charge in [-0.15, -0.1) is 0 Å². The topological polar surface area (TPSA) is 29.1 Å². The van der Waals surface area contributed by atoms with Gasteiger partial charge in [0, 0.05) is 17.3 Å². The molecule has 0 aliphatic heterocycles. The first-order valence-corrected chi connectivity index (χ1v) is 12.5. The van der Waals surface area contributed by atoms with E-state index in [1.165, 1.54) is 27.8 Å². The summed E-state index contributed by atoms with van der Waals surface area (Å²) in [6.45, 7) is 5.94. The Morgan fingerprint density at radius 3 is 1.66 bits per heavy atom. The SMILES string of the molecule is CC(C)(C)C(=O)N[C@@H](c1ccccc1)[C@H](c1ccccc1)C1c2ccccc2Cc2ccccc21. The van der Waals surface area contributed by atoms with Gasteiger partial charge in [-0.25, -0.2) is 0 Å². The van der Waals surface area contributed by atoms with E-state index >= 15 is 0 Å². The molecule has 2 heteroatoms. The van der Waals surface area contributed by atoms with Gasteiger partial charge in [-0.05, 0) is 39.8 Å². The number of carbonyl (C=O) groups excluding carboxylic acids is 1. The van der Waals surface area contributed by atoms with Gasteiger partial charge in [0.05, 0.1) is 6.04 Å². The maximum absolute atomic E-state index is 13.4. The van der Waals surface area contributed by atoms with Crippen molar-refractivity contribution in [3.63, 3.8) is 0 Å². The van der Waals surface area contributed by atoms with E-state index in [2.05, 4.69) is 108 Å². The van der Waals surface area contributed by atoms with Gasteiger partial charge in [0.2, 0.25) is 5.91 Å². The van der Waals surface area contributed by atoms with E-state index in [9.17, 15) is 4.79 Å². The number of carbonyl (C=O) groups is 1. The Bertz CT molecular complexity index is 1260. The largest absolute Gasteiger partial charge is 0.348 e. The Labute approximate surface area is 209 Å². The number of fused-ring (bicyclic) bond motifs is 2. The van der Waals surface area contributed by atoms with Gasteiger partial charge < -0.3 is 5.32 Å². The highest BCUT2D eigenvalue weighted by molar-refractivity contribution is 5.82. The quantitative estimate of drug-likeness (QED) is 0.331. The number of amides is 1. The zero-order valence-electron chi connectivity index (χ0n) is 20.7. The van der Waals surface area contributed by atoms with Crippen LogP contribution >= 0.6 is 0 Å². The molecule has 4 aromatic rings. The first-order valence-electron chi connectivity index (χ1n) is 12.5. The van der Waals surface area contributed by atoms with Crippen LogP contribution in [0.3, 0.4) is 0 Å². The van der Waals surface area contributed by atoms with Crippen LogP contribution in [0.4, 0.5) is 0 Å². The van der Waals surface area contributed by atoms with Crippen LogP contribution in [-0.4, -0.2) is 5.91 Å². The molecule has 0 fully saturated rings. The minimum absolute atomic E-state index is 0.0208. The molecule has 5 rings (SSSR count). The molecule has 176 valence electrons. The lowest BCUT2D eigenvalue weighted by atomic mass is 9.67. The number of hydrogen-bond donors (Lipinski definition) is 1. The van der Waals surface area contributed by atoms with Crippen molar-refractivity contribution in [2.24, 2.45) is 5.41 Å². The summed E-state index contributed by atoms with van der Waals surface area (Å²) < 4.78 is 0. The Morgan fingerprint density at radius 1 is 0.686 bits per heavy atom. The fourth-order valence-electron chi connectivity index (χ4n) is 5.41. The second-order valence-electron chi connectivity index (χ2n) is 10.6. The lowest BCUT2D eigenvalue weighted by Gasteiger charge is -2.40. The second kappa shape index (κ2) is 9.54. The van der Waals surface area contributed by atoms with Gasteiger partial charge in [-0.2, -0.15) is 0 Å². The molecule has 4 aromatic carbocycles. The third-order valence-corrected chi connectivity index (χ3v) is 7.19. The average Bonchev–Trinajstić information content (AvgIpc) is 2.88. The van der Waals surface area contributed by atoms with Crippen LogP contribution in [0.1, 0.15) is 72.0 Å². The molecule has 0 unspecified atom stereocenters. The summed E-state index contributed by atoms with van der Waals surface area (Å²) in [6, 6.07) is 38.6. The summed E-state index contributed by atoms with van der Waals surface area (Å²) in [4.78, 5) is 13.4. The Balaban J connectivity index is 1.75. The monoisotopic (exact) mass is 459 g/mol. The highest BCUT2D eigenvalue weighted by Gasteiger charge is 2.39. The van der Waals surface area contributed by atoms with Gasteiger partial charge in [0.15, 0.2) is 0 Å². The van der Waals surface area contributed by atoms with Crippen LogP contribution in [0.5, 0.6) is 0 Å². The molecule has 0 saturated heterocycles. The van der Waals surface area contributed by atoms with Crippen molar-refractivity contribution in [2.75, 3.05) is 0 Å². The Morgan fingerprint density at radius 2 is 1.14 bits per heavy atom. The van der Waals surface area contributed by atoms with Crippen LogP contribution in [0, 0.1) is 5.41 Å². The lowest BCUT2D eigenvalue weighted by Crippen LogP contribution is -2.41. The van der Waals surface area contributed by atoms with Crippen molar-refractivity contribution in [2.45, 2.75) is 45.1 Å². The van der Waals surface area contributed by atoms with Crippen LogP contribution in [0.2, 0.25) is 0 Å². The molecule has 1 aliphatic rings. The number of benzene rings is 4. The number of nitrogens with one attached hydrogen (secondary N) is 1. The summed E-state index contributed by atoms with van der Waals surface area (Å²) in [6.07, 6.45) is 0.939. The maximum atomic E-state index is 13.4. The van der Waals surface area contributed by atoms with Crippen molar-refractivity contribution >= 4 is 5.91 Å². The van der Waals surface area contributed by atoms with E-state index in [-0.39, 0.29) is 23.8 Å². The van der Waals surface area contributed by atoms with E-state index < -0.39 is 5.41 Å². The highest BCUT2D eigenvalue weighted by Crippen LogP contribution is 2.50. The molecule has 0 bridgehead atoms. The van der Waals surface area contributed by atoms with E-state index in [1.807, 2.05) is 26.8 Å². The molecule has 1 amide bonds. The predicted octanol–water partition coefficient (Wildman–Crippen LogP) is 7.41. The summed E-state index contributed by atoms with van der Waals surface area (Å²) in [7, 11) is 0. The van der Waals surface area contributed by atoms with Crippen molar-refractivity contribution in [3.8, 4) is 0 Å². The predicted molar refractivity (Wildman–Crippen MR) is 143 cm³/mol. The molecule has 0 aromatic heterocycles. The zero-order chi connectivity index (χ0) is 24.4. The van der Waals surface area contributed by atoms with Crippen molar-refractivity contribution in [3.05, 3.63) is 143 Å². The minimum atomic E-state index is -0.489. The first kappa shape index (κ1) is 23.1. The van der Waals surface area contributed by atoms with Crippen molar-refractivity contribution in [1.29, 1.82) is 0 Å². The normalized spacial score (nSPS) is 14.9. The van der Waals surface area contributed by atoms with E-state index in [0.717, 1.165) is 12.0 Å². The number of rotatable bonds is 5. The summed E-state index contributed by atoms with van der Waals surface area (Å²) in [5, 5.41) is 3.49. The second-order valence-corrected chi connectivity index (χ2v) is 10.6. The standard InChI is InChI=1S/C33H33NO/c1-33(2,3)32(35)34-31(24-16-8-5-9-17-24)29(23-14-6-4-7-15-23)30-27-20-12-10-18-25(27)22-26-19-11-13-21-28(26)30/h4-21,29-31H,22H2,1-3H3,(H,34,35)/t29-,31+/m1/s1. The number of hydrogen-bond acceptors (Lipinski definition) is 1.